The van der Waals surface area contributed by atoms with Crippen LogP contribution in [0.3, 0.4) is 0 Å². The second kappa shape index (κ2) is 14.3. The van der Waals surface area contributed by atoms with E-state index in [1.165, 1.54) is 90.9 Å². The fraction of sp³-hybridized carbons (Fsp3) is 1.00. The van der Waals surface area contributed by atoms with E-state index in [2.05, 4.69) is 89.0 Å². The third-order valence-corrected chi connectivity index (χ3v) is 7.06. The van der Waals surface area contributed by atoms with Crippen molar-refractivity contribution in [3.05, 3.63) is 0 Å². The van der Waals surface area contributed by atoms with Crippen LogP contribution in [0, 0.1) is 0 Å². The second-order valence-corrected chi connectivity index (χ2v) is 12.9. The van der Waals surface area contributed by atoms with Crippen LogP contribution in [0.4, 0.5) is 0 Å². The molecule has 0 N–H and O–H groups in total. The first-order valence-corrected chi connectivity index (χ1v) is 13.1. The maximum atomic E-state index is 2.58. The van der Waals surface area contributed by atoms with Gasteiger partial charge in [-0.05, 0) is 121 Å². The molecule has 3 rings (SSSR count). The number of likely N-dealkylation sites (tertiary alicyclic amines) is 2. The Bertz CT molecular complexity index is 421. The molecule has 0 saturated carbocycles. The van der Waals surface area contributed by atoms with Crippen molar-refractivity contribution in [1.82, 2.24) is 19.6 Å². The third-order valence-electron chi connectivity index (χ3n) is 7.06. The lowest BCUT2D eigenvalue weighted by Gasteiger charge is -2.41. The molecule has 0 spiro atoms. The fourth-order valence-electron chi connectivity index (χ4n) is 4.61. The molecule has 4 nitrogen and oxygen atoms in total. The molecule has 0 unspecified atom stereocenters. The molecule has 0 bridgehead atoms. The molecule has 0 aromatic carbocycles. The van der Waals surface area contributed by atoms with E-state index < -0.39 is 0 Å². The molecule has 3 fully saturated rings. The molecule has 0 amide bonds. The molecule has 0 radical (unpaired) electrons. The zero-order valence-electron chi connectivity index (χ0n) is 23.2. The standard InChI is InChI=1S/C9H20N2.2C9H19N.CH4/c1-9(2,3)11-7-5-10(4)6-8-11;2*1-9(2,3)10-7-5-4-6-8-10;/h5-8H2,1-4H3;2*4-8H2,1-3H3;1H4. The highest BCUT2D eigenvalue weighted by atomic mass is 15.3. The van der Waals surface area contributed by atoms with Crippen molar-refractivity contribution in [1.29, 1.82) is 0 Å². The van der Waals surface area contributed by atoms with Crippen LogP contribution in [-0.2, 0) is 0 Å². The number of rotatable bonds is 0. The number of piperidine rings is 2. The summed E-state index contributed by atoms with van der Waals surface area (Å²) < 4.78 is 0. The van der Waals surface area contributed by atoms with Gasteiger partial charge < -0.3 is 4.90 Å². The Balaban J connectivity index is 0.000000444. The monoisotopic (exact) mass is 454 g/mol. The Morgan fingerprint density at radius 3 is 0.844 bits per heavy atom. The smallest absolute Gasteiger partial charge is 0.0126 e. The first-order valence-electron chi connectivity index (χ1n) is 13.1. The normalized spacial score (nSPS) is 22.7. The number of hydrogen-bond acceptors (Lipinski definition) is 4. The maximum Gasteiger partial charge on any atom is 0.0126 e. The van der Waals surface area contributed by atoms with E-state index in [0.29, 0.717) is 16.6 Å². The third kappa shape index (κ3) is 12.9. The van der Waals surface area contributed by atoms with Crippen molar-refractivity contribution >= 4 is 0 Å². The lowest BCUT2D eigenvalue weighted by atomic mass is 10.0. The SMILES string of the molecule is C.CC(C)(C)N1CCCCC1.CC(C)(C)N1CCCCC1.CN1CCN(C(C)(C)C)CC1. The summed E-state index contributed by atoms with van der Waals surface area (Å²) in [5, 5.41) is 0. The molecule has 0 aromatic heterocycles. The molecule has 194 valence electrons. The van der Waals surface area contributed by atoms with Crippen LogP contribution in [0.2, 0.25) is 0 Å². The van der Waals surface area contributed by atoms with Crippen molar-refractivity contribution < 1.29 is 0 Å². The van der Waals surface area contributed by atoms with Crippen molar-refractivity contribution in [3.8, 4) is 0 Å². The summed E-state index contributed by atoms with van der Waals surface area (Å²) in [6.45, 7) is 30.8. The van der Waals surface area contributed by atoms with E-state index >= 15 is 0 Å². The van der Waals surface area contributed by atoms with E-state index in [1.807, 2.05) is 0 Å². The molecule has 0 aliphatic carbocycles. The predicted octanol–water partition coefficient (Wildman–Crippen LogP) is 6.21. The van der Waals surface area contributed by atoms with Crippen LogP contribution in [0.25, 0.3) is 0 Å². The minimum atomic E-state index is 0. The molecular formula is C28H62N4. The van der Waals surface area contributed by atoms with Gasteiger partial charge in [-0.15, -0.1) is 0 Å². The minimum Gasteiger partial charge on any atom is -0.304 e. The maximum absolute atomic E-state index is 2.58. The Kier molecular flexibility index (Phi) is 14.2. The Morgan fingerprint density at radius 1 is 0.375 bits per heavy atom. The molecule has 3 heterocycles. The fourth-order valence-corrected chi connectivity index (χ4v) is 4.61. The van der Waals surface area contributed by atoms with Crippen molar-refractivity contribution in [3.63, 3.8) is 0 Å². The summed E-state index contributed by atoms with van der Waals surface area (Å²) in [6.07, 6.45) is 8.47. The average Bonchev–Trinajstić information content (AvgIpc) is 2.69. The van der Waals surface area contributed by atoms with Gasteiger partial charge in [-0.25, -0.2) is 0 Å². The summed E-state index contributed by atoms with van der Waals surface area (Å²) in [5.41, 5.74) is 1.17. The van der Waals surface area contributed by atoms with Gasteiger partial charge in [0.25, 0.3) is 0 Å². The summed E-state index contributed by atoms with van der Waals surface area (Å²) >= 11 is 0. The quantitative estimate of drug-likeness (QED) is 0.431. The van der Waals surface area contributed by atoms with Gasteiger partial charge in [-0.2, -0.15) is 0 Å². The van der Waals surface area contributed by atoms with Crippen LogP contribution in [0.5, 0.6) is 0 Å². The highest BCUT2D eigenvalue weighted by Crippen LogP contribution is 2.20. The summed E-state index contributed by atoms with van der Waals surface area (Å²) in [5.74, 6) is 0. The largest absolute Gasteiger partial charge is 0.304 e. The van der Waals surface area contributed by atoms with Crippen LogP contribution >= 0.6 is 0 Å². The van der Waals surface area contributed by atoms with Gasteiger partial charge in [0.05, 0.1) is 0 Å². The highest BCUT2D eigenvalue weighted by Gasteiger charge is 2.24. The van der Waals surface area contributed by atoms with E-state index in [9.17, 15) is 0 Å². The van der Waals surface area contributed by atoms with Crippen LogP contribution in [0.1, 0.15) is 108 Å². The molecule has 0 atom stereocenters. The summed E-state index contributed by atoms with van der Waals surface area (Å²) in [6, 6.07) is 0. The Labute approximate surface area is 204 Å². The van der Waals surface area contributed by atoms with Gasteiger partial charge in [0.2, 0.25) is 0 Å². The lowest BCUT2D eigenvalue weighted by molar-refractivity contribution is 0.0735. The Morgan fingerprint density at radius 2 is 0.625 bits per heavy atom. The number of nitrogens with zero attached hydrogens (tertiary/aromatic N) is 4. The molecule has 3 aliphatic heterocycles. The minimum absolute atomic E-state index is 0. The number of likely N-dealkylation sites (N-methyl/N-ethyl adjacent to an activating group) is 1. The molecule has 4 heteroatoms. The molecule has 0 aromatic rings. The first-order chi connectivity index (χ1) is 14.2. The van der Waals surface area contributed by atoms with E-state index in [-0.39, 0.29) is 7.43 Å². The van der Waals surface area contributed by atoms with Gasteiger partial charge in [0.1, 0.15) is 0 Å². The number of piperazine rings is 1. The van der Waals surface area contributed by atoms with Gasteiger partial charge >= 0.3 is 0 Å². The number of hydrogen-bond donors (Lipinski definition) is 0. The van der Waals surface area contributed by atoms with E-state index in [1.54, 1.807) is 0 Å². The predicted molar refractivity (Wildman–Crippen MR) is 146 cm³/mol. The van der Waals surface area contributed by atoms with Gasteiger partial charge in [0.15, 0.2) is 0 Å². The Hall–Kier alpha value is -0.160. The first kappa shape index (κ1) is 31.8. The topological polar surface area (TPSA) is 13.0 Å². The zero-order chi connectivity index (χ0) is 23.7. The molecule has 3 saturated heterocycles. The highest BCUT2D eigenvalue weighted by molar-refractivity contribution is 4.81. The lowest BCUT2D eigenvalue weighted by Crippen LogP contribution is -2.52. The van der Waals surface area contributed by atoms with Crippen molar-refractivity contribution in [2.75, 3.05) is 59.4 Å². The van der Waals surface area contributed by atoms with Crippen LogP contribution in [0.15, 0.2) is 0 Å². The summed E-state index contributed by atoms with van der Waals surface area (Å²) in [4.78, 5) is 10.1. The second-order valence-electron chi connectivity index (χ2n) is 12.9. The van der Waals surface area contributed by atoms with Crippen LogP contribution < -0.4 is 0 Å². The molecule has 3 aliphatic rings. The average molecular weight is 455 g/mol. The van der Waals surface area contributed by atoms with Crippen LogP contribution in [-0.4, -0.2) is 95.6 Å². The van der Waals surface area contributed by atoms with Gasteiger partial charge in [-0.3, -0.25) is 14.7 Å². The molecular weight excluding hydrogens is 392 g/mol. The molecule has 32 heavy (non-hydrogen) atoms. The zero-order valence-corrected chi connectivity index (χ0v) is 23.2. The van der Waals surface area contributed by atoms with Crippen molar-refractivity contribution in [2.24, 2.45) is 0 Å². The van der Waals surface area contributed by atoms with E-state index in [0.717, 1.165) is 0 Å². The van der Waals surface area contributed by atoms with Gasteiger partial charge in [0, 0.05) is 42.8 Å². The van der Waals surface area contributed by atoms with Crippen molar-refractivity contribution in [2.45, 2.75) is 125 Å². The summed E-state index contributed by atoms with van der Waals surface area (Å²) in [7, 11) is 2.19. The van der Waals surface area contributed by atoms with Gasteiger partial charge in [-0.1, -0.05) is 20.3 Å². The van der Waals surface area contributed by atoms with E-state index in [4.69, 9.17) is 0 Å².